The van der Waals surface area contributed by atoms with Gasteiger partial charge in [-0.3, -0.25) is 9.78 Å². The first-order valence-electron chi connectivity index (χ1n) is 11.7. The van der Waals surface area contributed by atoms with Crippen molar-refractivity contribution in [1.29, 1.82) is 0 Å². The van der Waals surface area contributed by atoms with Gasteiger partial charge in [0.05, 0.1) is 11.3 Å². The molecular weight excluding hydrogens is 627 g/mol. The third kappa shape index (κ3) is 7.74. The molecule has 191 valence electrons. The Hall–Kier alpha value is -3.01. The molecule has 2 aromatic carbocycles. The summed E-state index contributed by atoms with van der Waals surface area (Å²) in [6, 6.07) is 20.4. The second-order valence-corrected chi connectivity index (χ2v) is 10.2. The Morgan fingerprint density at radius 3 is 2.14 bits per heavy atom. The molecule has 4 rings (SSSR count). The number of aliphatic hydroxyl groups is 1. The summed E-state index contributed by atoms with van der Waals surface area (Å²) < 4.78 is 6.08. The van der Waals surface area contributed by atoms with E-state index in [4.69, 9.17) is 14.5 Å². The number of nitrogens with zero attached hydrogens (tertiary/aromatic N) is 1. The predicted molar refractivity (Wildman–Crippen MR) is 144 cm³/mol. The van der Waals surface area contributed by atoms with Crippen LogP contribution in [-0.2, 0) is 30.3 Å². The maximum Gasteiger partial charge on any atom is 0.155 e. The van der Waals surface area contributed by atoms with Crippen LogP contribution < -0.4 is 0 Å². The van der Waals surface area contributed by atoms with Crippen molar-refractivity contribution in [3.8, 4) is 22.6 Å². The molecule has 4 aromatic rings. The summed E-state index contributed by atoms with van der Waals surface area (Å²) in [6.45, 7) is 15.8. The minimum Gasteiger partial charge on any atom is -0.512 e. The fourth-order valence-electron chi connectivity index (χ4n) is 3.91. The van der Waals surface area contributed by atoms with E-state index in [0.717, 1.165) is 39.2 Å². The van der Waals surface area contributed by atoms with Crippen LogP contribution in [0.3, 0.4) is 0 Å². The van der Waals surface area contributed by atoms with Gasteiger partial charge in [-0.25, -0.2) is 0 Å². The van der Waals surface area contributed by atoms with Crippen molar-refractivity contribution in [2.75, 3.05) is 0 Å². The first kappa shape index (κ1) is 29.2. The summed E-state index contributed by atoms with van der Waals surface area (Å²) in [5.41, 5.74) is 9.70. The number of carbonyl (C=O) groups excluding carboxylic acids is 1. The molecule has 0 aliphatic carbocycles. The topological polar surface area (TPSA) is 63.3 Å². The minimum atomic E-state index is -0.125. The molecule has 0 unspecified atom stereocenters. The van der Waals surface area contributed by atoms with Crippen molar-refractivity contribution in [3.05, 3.63) is 88.7 Å². The Labute approximate surface area is 227 Å². The van der Waals surface area contributed by atoms with Crippen LogP contribution in [0.15, 0.2) is 64.8 Å². The molecule has 0 aliphatic heterocycles. The van der Waals surface area contributed by atoms with E-state index in [2.05, 4.69) is 77.9 Å². The third-order valence-electron chi connectivity index (χ3n) is 5.44. The van der Waals surface area contributed by atoms with E-state index in [0.29, 0.717) is 0 Å². The maximum absolute atomic E-state index is 10.0. The summed E-state index contributed by atoms with van der Waals surface area (Å²) >= 11 is 0. The van der Waals surface area contributed by atoms with E-state index >= 15 is 0 Å². The molecule has 0 atom stereocenters. The number of aromatic nitrogens is 1. The average Bonchev–Trinajstić information content (AvgIpc) is 3.15. The SMILES string of the molecule is CC(=O)/C=C(/C)O.Cc1[c-]c(-c2ccc3oc(-c4cc(C)cc(C)c4)cc3n2)cc(C(C)(C)C)c1.[Ir]. The molecule has 36 heavy (non-hydrogen) atoms. The summed E-state index contributed by atoms with van der Waals surface area (Å²) in [5, 5.41) is 8.36. The number of allylic oxidation sites excluding steroid dienone is 2. The molecular formula is C31H34IrNO3-. The summed E-state index contributed by atoms with van der Waals surface area (Å²) in [6.07, 6.45) is 1.17. The Balaban J connectivity index is 0.000000503. The van der Waals surface area contributed by atoms with Crippen LogP contribution in [0.4, 0.5) is 0 Å². The largest absolute Gasteiger partial charge is 0.512 e. The van der Waals surface area contributed by atoms with Crippen LogP contribution in [0.25, 0.3) is 33.7 Å². The molecule has 0 saturated heterocycles. The first-order valence-corrected chi connectivity index (χ1v) is 11.7. The van der Waals surface area contributed by atoms with E-state index in [1.807, 2.05) is 18.2 Å². The summed E-state index contributed by atoms with van der Waals surface area (Å²) in [7, 11) is 0. The molecule has 0 fully saturated rings. The molecule has 1 radical (unpaired) electrons. The van der Waals surface area contributed by atoms with E-state index < -0.39 is 0 Å². The van der Waals surface area contributed by atoms with Gasteiger partial charge in [0.2, 0.25) is 0 Å². The van der Waals surface area contributed by atoms with Crippen molar-refractivity contribution >= 4 is 16.9 Å². The zero-order valence-electron chi connectivity index (χ0n) is 22.2. The van der Waals surface area contributed by atoms with Gasteiger partial charge in [-0.05, 0) is 57.0 Å². The number of hydrogen-bond acceptors (Lipinski definition) is 4. The number of furan rings is 1. The van der Waals surface area contributed by atoms with Gasteiger partial charge in [0.15, 0.2) is 11.4 Å². The molecule has 0 bridgehead atoms. The molecule has 0 amide bonds. The van der Waals surface area contributed by atoms with Crippen LogP contribution in [0.2, 0.25) is 0 Å². The number of aliphatic hydroxyl groups excluding tert-OH is 1. The fourth-order valence-corrected chi connectivity index (χ4v) is 3.91. The van der Waals surface area contributed by atoms with Crippen LogP contribution in [0, 0.1) is 26.8 Å². The monoisotopic (exact) mass is 661 g/mol. The van der Waals surface area contributed by atoms with E-state index in [1.54, 1.807) is 0 Å². The van der Waals surface area contributed by atoms with E-state index in [9.17, 15) is 4.79 Å². The molecule has 5 heteroatoms. The fraction of sp³-hybridized carbons (Fsp3) is 0.290. The summed E-state index contributed by atoms with van der Waals surface area (Å²) in [4.78, 5) is 14.9. The molecule has 2 heterocycles. The molecule has 1 N–H and O–H groups in total. The molecule has 0 saturated carbocycles. The third-order valence-corrected chi connectivity index (χ3v) is 5.44. The molecule has 2 aromatic heterocycles. The Bertz CT molecular complexity index is 1380. The maximum atomic E-state index is 10.0. The zero-order valence-corrected chi connectivity index (χ0v) is 24.6. The number of rotatable bonds is 3. The predicted octanol–water partition coefficient (Wildman–Crippen LogP) is 8.22. The van der Waals surface area contributed by atoms with Crippen LogP contribution in [-0.4, -0.2) is 15.9 Å². The van der Waals surface area contributed by atoms with Crippen molar-refractivity contribution in [2.45, 2.75) is 60.8 Å². The number of aryl methyl sites for hydroxylation is 3. The van der Waals surface area contributed by atoms with Gasteiger partial charge >= 0.3 is 0 Å². The van der Waals surface area contributed by atoms with Crippen molar-refractivity contribution in [1.82, 2.24) is 4.98 Å². The number of ketones is 1. The molecule has 4 nitrogen and oxygen atoms in total. The summed E-state index contributed by atoms with van der Waals surface area (Å²) in [5.74, 6) is 0.794. The number of carbonyl (C=O) groups is 1. The van der Waals surface area contributed by atoms with Gasteiger partial charge in [-0.15, -0.1) is 34.9 Å². The standard InChI is InChI=1S/C26H26NO.C5H8O2.Ir/c1-16-9-17(2)12-20(11-16)25-15-23-24(28-25)8-7-22(27-23)19-10-18(3)13-21(14-19)26(4,5)6;1-4(6)3-5(2)7;/h7-9,11-15H,1-6H3;3,6H,1-2H3;/q-1;;/b;4-3-;. The second-order valence-electron chi connectivity index (χ2n) is 10.2. The number of benzene rings is 2. The van der Waals surface area contributed by atoms with E-state index in [1.165, 1.54) is 36.6 Å². The average molecular weight is 661 g/mol. The Morgan fingerprint density at radius 1 is 0.972 bits per heavy atom. The quantitative estimate of drug-likeness (QED) is 0.137. The number of pyridine rings is 1. The zero-order chi connectivity index (χ0) is 25.9. The Kier molecular flexibility index (Phi) is 9.59. The van der Waals surface area contributed by atoms with E-state index in [-0.39, 0.29) is 37.1 Å². The van der Waals surface area contributed by atoms with Crippen molar-refractivity contribution in [3.63, 3.8) is 0 Å². The minimum absolute atomic E-state index is 0. The van der Waals surface area contributed by atoms with Gasteiger partial charge in [0.25, 0.3) is 0 Å². The van der Waals surface area contributed by atoms with Gasteiger partial charge in [0.1, 0.15) is 5.76 Å². The van der Waals surface area contributed by atoms with Crippen LogP contribution in [0.5, 0.6) is 0 Å². The second kappa shape index (κ2) is 11.8. The van der Waals surface area contributed by atoms with Crippen LogP contribution in [0.1, 0.15) is 56.9 Å². The smallest absolute Gasteiger partial charge is 0.155 e. The van der Waals surface area contributed by atoms with Gasteiger partial charge in [-0.2, -0.15) is 0 Å². The van der Waals surface area contributed by atoms with Gasteiger partial charge in [0, 0.05) is 37.8 Å². The van der Waals surface area contributed by atoms with Crippen molar-refractivity contribution in [2.24, 2.45) is 0 Å². The van der Waals surface area contributed by atoms with Crippen LogP contribution >= 0.6 is 0 Å². The van der Waals surface area contributed by atoms with Gasteiger partial charge in [-0.1, -0.05) is 51.0 Å². The molecule has 0 aliphatic rings. The van der Waals surface area contributed by atoms with Crippen molar-refractivity contribution < 1.29 is 34.4 Å². The number of fused-ring (bicyclic) bond motifs is 1. The Morgan fingerprint density at radius 2 is 1.61 bits per heavy atom. The number of hydrogen-bond donors (Lipinski definition) is 1. The first-order chi connectivity index (χ1) is 16.3. The van der Waals surface area contributed by atoms with Gasteiger partial charge < -0.3 is 9.52 Å². The normalized spacial score (nSPS) is 11.5. The molecule has 0 spiro atoms.